The van der Waals surface area contributed by atoms with Crippen LogP contribution in [0.5, 0.6) is 5.75 Å². The molecular weight excluding hydrogens is 244 g/mol. The van der Waals surface area contributed by atoms with E-state index < -0.39 is 0 Å². The van der Waals surface area contributed by atoms with Gasteiger partial charge in [0.05, 0.1) is 10.6 Å². The lowest BCUT2D eigenvalue weighted by atomic mass is 10.3. The first-order valence-electron chi connectivity index (χ1n) is 4.83. The summed E-state index contributed by atoms with van der Waals surface area (Å²) in [6.45, 7) is 0. The average molecular weight is 257 g/mol. The molecule has 1 aliphatic rings. The van der Waals surface area contributed by atoms with E-state index in [0.29, 0.717) is 11.9 Å². The molecule has 0 saturated heterocycles. The molecule has 1 aliphatic carbocycles. The summed E-state index contributed by atoms with van der Waals surface area (Å²) in [5.41, 5.74) is 5.59. The highest BCUT2D eigenvalue weighted by Gasteiger charge is 2.17. The van der Waals surface area contributed by atoms with E-state index in [4.69, 9.17) is 10.5 Å². The van der Waals surface area contributed by atoms with Gasteiger partial charge in [-0.25, -0.2) is 4.98 Å². The first kappa shape index (κ1) is 9.77. The summed E-state index contributed by atoms with van der Waals surface area (Å²) in [4.78, 5) is 3.96. The Labute approximate surface area is 91.8 Å². The number of nitrogen functional groups attached to an aromatic ring is 1. The third kappa shape index (κ3) is 2.18. The van der Waals surface area contributed by atoms with E-state index in [-0.39, 0.29) is 0 Å². The second kappa shape index (κ2) is 4.17. The topological polar surface area (TPSA) is 48.1 Å². The number of hydrogen-bond acceptors (Lipinski definition) is 3. The molecule has 0 aromatic carbocycles. The Bertz CT molecular complexity index is 324. The molecule has 4 heteroatoms. The number of nitrogens with zero attached hydrogens (tertiary/aromatic N) is 1. The van der Waals surface area contributed by atoms with E-state index in [1.165, 1.54) is 12.8 Å². The predicted molar refractivity (Wildman–Crippen MR) is 59.2 cm³/mol. The fourth-order valence-electron chi connectivity index (χ4n) is 1.71. The van der Waals surface area contributed by atoms with E-state index in [2.05, 4.69) is 20.9 Å². The summed E-state index contributed by atoms with van der Waals surface area (Å²) in [5.74, 6) is 1.31. The van der Waals surface area contributed by atoms with Gasteiger partial charge < -0.3 is 10.5 Å². The second-order valence-electron chi connectivity index (χ2n) is 3.56. The number of nitrogens with two attached hydrogens (primary N) is 1. The van der Waals surface area contributed by atoms with Crippen LogP contribution in [-0.4, -0.2) is 11.1 Å². The predicted octanol–water partition coefficient (Wildman–Crippen LogP) is 2.75. The molecule has 0 unspecified atom stereocenters. The van der Waals surface area contributed by atoms with Crippen LogP contribution in [0.15, 0.2) is 16.7 Å². The van der Waals surface area contributed by atoms with Crippen molar-refractivity contribution in [3.63, 3.8) is 0 Å². The van der Waals surface area contributed by atoms with E-state index >= 15 is 0 Å². The maximum atomic E-state index is 5.82. The van der Waals surface area contributed by atoms with Crippen LogP contribution in [0.2, 0.25) is 0 Å². The highest BCUT2D eigenvalue weighted by atomic mass is 79.9. The molecule has 0 amide bonds. The van der Waals surface area contributed by atoms with Gasteiger partial charge in [-0.15, -0.1) is 0 Å². The largest absolute Gasteiger partial charge is 0.489 e. The fraction of sp³-hybridized carbons (Fsp3) is 0.500. The molecular formula is C10H13BrN2O. The summed E-state index contributed by atoms with van der Waals surface area (Å²) in [5, 5.41) is 0. The SMILES string of the molecule is Nc1cc(OC2CCCC2)c(Br)cn1. The Balaban J connectivity index is 2.10. The van der Waals surface area contributed by atoms with Crippen molar-refractivity contribution in [3.8, 4) is 5.75 Å². The summed E-state index contributed by atoms with van der Waals surface area (Å²) in [7, 11) is 0. The molecule has 2 N–H and O–H groups in total. The van der Waals surface area contributed by atoms with Gasteiger partial charge in [-0.3, -0.25) is 0 Å². The quantitative estimate of drug-likeness (QED) is 0.886. The van der Waals surface area contributed by atoms with Gasteiger partial charge in [-0.05, 0) is 41.6 Å². The molecule has 14 heavy (non-hydrogen) atoms. The number of halogens is 1. The zero-order chi connectivity index (χ0) is 9.97. The highest BCUT2D eigenvalue weighted by Crippen LogP contribution is 2.30. The molecule has 0 radical (unpaired) electrons. The Hall–Kier alpha value is -0.770. The number of hydrogen-bond donors (Lipinski definition) is 1. The molecule has 0 atom stereocenters. The first-order chi connectivity index (χ1) is 6.75. The van der Waals surface area contributed by atoms with Gasteiger partial charge in [0.25, 0.3) is 0 Å². The van der Waals surface area contributed by atoms with Gasteiger partial charge in [0.2, 0.25) is 0 Å². The second-order valence-corrected chi connectivity index (χ2v) is 4.42. The van der Waals surface area contributed by atoms with Crippen molar-refractivity contribution in [3.05, 3.63) is 16.7 Å². The number of ether oxygens (including phenoxy) is 1. The first-order valence-corrected chi connectivity index (χ1v) is 5.62. The lowest BCUT2D eigenvalue weighted by molar-refractivity contribution is 0.208. The molecule has 1 saturated carbocycles. The summed E-state index contributed by atoms with van der Waals surface area (Å²) in [6.07, 6.45) is 6.86. The zero-order valence-electron chi connectivity index (χ0n) is 7.87. The molecule has 0 bridgehead atoms. The van der Waals surface area contributed by atoms with Crippen molar-refractivity contribution in [1.29, 1.82) is 0 Å². The van der Waals surface area contributed by atoms with Crippen molar-refractivity contribution in [1.82, 2.24) is 4.98 Å². The lowest BCUT2D eigenvalue weighted by Gasteiger charge is -2.14. The van der Waals surface area contributed by atoms with Crippen LogP contribution in [0, 0.1) is 0 Å². The molecule has 0 spiro atoms. The van der Waals surface area contributed by atoms with E-state index in [0.717, 1.165) is 23.1 Å². The van der Waals surface area contributed by atoms with Crippen molar-refractivity contribution >= 4 is 21.7 Å². The molecule has 76 valence electrons. The zero-order valence-corrected chi connectivity index (χ0v) is 9.46. The fourth-order valence-corrected chi connectivity index (χ4v) is 2.02. The normalized spacial score (nSPS) is 17.2. The standard InChI is InChI=1S/C10H13BrN2O/c11-8-6-13-10(12)5-9(8)14-7-3-1-2-4-7/h5-7H,1-4H2,(H2,12,13). The maximum Gasteiger partial charge on any atom is 0.139 e. The van der Waals surface area contributed by atoms with E-state index in [9.17, 15) is 0 Å². The molecule has 0 aliphatic heterocycles. The van der Waals surface area contributed by atoms with Gasteiger partial charge >= 0.3 is 0 Å². The number of rotatable bonds is 2. The van der Waals surface area contributed by atoms with Gasteiger partial charge in [-0.2, -0.15) is 0 Å². The smallest absolute Gasteiger partial charge is 0.139 e. The third-order valence-corrected chi connectivity index (χ3v) is 3.03. The van der Waals surface area contributed by atoms with Crippen molar-refractivity contribution in [2.45, 2.75) is 31.8 Å². The van der Waals surface area contributed by atoms with Crippen LogP contribution in [0.25, 0.3) is 0 Å². The highest BCUT2D eigenvalue weighted by molar-refractivity contribution is 9.10. The minimum atomic E-state index is 0.355. The minimum Gasteiger partial charge on any atom is -0.489 e. The van der Waals surface area contributed by atoms with Crippen LogP contribution in [0.3, 0.4) is 0 Å². The van der Waals surface area contributed by atoms with Crippen molar-refractivity contribution < 1.29 is 4.74 Å². The number of aromatic nitrogens is 1. The summed E-state index contributed by atoms with van der Waals surface area (Å²) in [6, 6.07) is 1.77. The third-order valence-electron chi connectivity index (χ3n) is 2.44. The average Bonchev–Trinajstić information content (AvgIpc) is 2.64. The lowest BCUT2D eigenvalue weighted by Crippen LogP contribution is -2.11. The van der Waals surface area contributed by atoms with Gasteiger partial charge in [0.1, 0.15) is 11.6 Å². The van der Waals surface area contributed by atoms with Crippen LogP contribution < -0.4 is 10.5 Å². The molecule has 2 rings (SSSR count). The Kier molecular flexibility index (Phi) is 2.91. The van der Waals surface area contributed by atoms with Crippen LogP contribution in [0.1, 0.15) is 25.7 Å². The Morgan fingerprint density at radius 1 is 1.43 bits per heavy atom. The summed E-state index contributed by atoms with van der Waals surface area (Å²) < 4.78 is 6.69. The Morgan fingerprint density at radius 2 is 2.14 bits per heavy atom. The molecule has 1 heterocycles. The van der Waals surface area contributed by atoms with Crippen molar-refractivity contribution in [2.24, 2.45) is 0 Å². The molecule has 1 aromatic heterocycles. The van der Waals surface area contributed by atoms with Crippen molar-refractivity contribution in [2.75, 3.05) is 5.73 Å². The van der Waals surface area contributed by atoms with Gasteiger partial charge in [-0.1, -0.05) is 0 Å². The number of anilines is 1. The van der Waals surface area contributed by atoms with E-state index in [1.807, 2.05) is 0 Å². The van der Waals surface area contributed by atoms with Crippen LogP contribution >= 0.6 is 15.9 Å². The maximum absolute atomic E-state index is 5.82. The van der Waals surface area contributed by atoms with Gasteiger partial charge in [0, 0.05) is 12.3 Å². The molecule has 1 fully saturated rings. The number of pyridine rings is 1. The van der Waals surface area contributed by atoms with Crippen LogP contribution in [0.4, 0.5) is 5.82 Å². The molecule has 3 nitrogen and oxygen atoms in total. The van der Waals surface area contributed by atoms with Crippen LogP contribution in [-0.2, 0) is 0 Å². The monoisotopic (exact) mass is 256 g/mol. The molecule has 1 aromatic rings. The summed E-state index contributed by atoms with van der Waals surface area (Å²) >= 11 is 3.39. The minimum absolute atomic E-state index is 0.355. The Morgan fingerprint density at radius 3 is 2.86 bits per heavy atom. The van der Waals surface area contributed by atoms with Gasteiger partial charge in [0.15, 0.2) is 0 Å². The van der Waals surface area contributed by atoms with E-state index in [1.54, 1.807) is 12.3 Å².